The Morgan fingerprint density at radius 3 is 2.52 bits per heavy atom. The standard InChI is InChI=1S/C23H20BrN5OS/c1-2-16-5-3-4-6-20(16)26-21(30)15-31-23-28-27-22(17-11-13-25-14-12-17)29(23)19-9-7-18(24)8-10-19/h3-14H,2,15H2,1H3,(H,26,30). The number of nitrogens with one attached hydrogen (secondary N) is 1. The van der Waals surface area contributed by atoms with Crippen molar-refractivity contribution in [3.8, 4) is 17.1 Å². The second kappa shape index (κ2) is 9.89. The third-order valence-electron chi connectivity index (χ3n) is 4.66. The van der Waals surface area contributed by atoms with Gasteiger partial charge in [-0.1, -0.05) is 52.8 Å². The molecule has 4 aromatic rings. The first-order chi connectivity index (χ1) is 15.2. The summed E-state index contributed by atoms with van der Waals surface area (Å²) in [6, 6.07) is 19.5. The van der Waals surface area contributed by atoms with Gasteiger partial charge in [0.15, 0.2) is 11.0 Å². The number of aromatic nitrogens is 4. The maximum atomic E-state index is 12.6. The van der Waals surface area contributed by atoms with E-state index in [0.29, 0.717) is 11.0 Å². The van der Waals surface area contributed by atoms with Gasteiger partial charge in [0.2, 0.25) is 5.91 Å². The van der Waals surface area contributed by atoms with Crippen LogP contribution in [0.3, 0.4) is 0 Å². The number of benzene rings is 2. The van der Waals surface area contributed by atoms with Crippen LogP contribution in [0, 0.1) is 0 Å². The average molecular weight is 494 g/mol. The Hall–Kier alpha value is -2.97. The molecule has 4 rings (SSSR count). The van der Waals surface area contributed by atoms with Gasteiger partial charge in [0.25, 0.3) is 0 Å². The summed E-state index contributed by atoms with van der Waals surface area (Å²) in [6.45, 7) is 2.07. The van der Waals surface area contributed by atoms with Crippen LogP contribution >= 0.6 is 27.7 Å². The number of halogens is 1. The number of nitrogens with zero attached hydrogens (tertiary/aromatic N) is 4. The van der Waals surface area contributed by atoms with E-state index in [-0.39, 0.29) is 11.7 Å². The van der Waals surface area contributed by atoms with E-state index in [9.17, 15) is 4.79 Å². The van der Waals surface area contributed by atoms with E-state index in [1.54, 1.807) is 12.4 Å². The summed E-state index contributed by atoms with van der Waals surface area (Å²) in [5.41, 5.74) is 3.78. The van der Waals surface area contributed by atoms with Crippen LogP contribution in [-0.2, 0) is 11.2 Å². The molecule has 0 atom stereocenters. The van der Waals surface area contributed by atoms with Gasteiger partial charge in [-0.05, 0) is 54.4 Å². The molecule has 31 heavy (non-hydrogen) atoms. The van der Waals surface area contributed by atoms with E-state index in [2.05, 4.69) is 43.4 Å². The van der Waals surface area contributed by atoms with Gasteiger partial charge in [-0.15, -0.1) is 10.2 Å². The van der Waals surface area contributed by atoms with Gasteiger partial charge in [-0.3, -0.25) is 14.3 Å². The van der Waals surface area contributed by atoms with E-state index >= 15 is 0 Å². The molecular weight excluding hydrogens is 474 g/mol. The van der Waals surface area contributed by atoms with E-state index < -0.39 is 0 Å². The normalized spacial score (nSPS) is 10.8. The monoisotopic (exact) mass is 493 g/mol. The molecule has 2 heterocycles. The number of para-hydroxylation sites is 1. The number of carbonyl (C=O) groups excluding carboxylic acids is 1. The molecular formula is C23H20BrN5OS. The molecule has 6 nitrogen and oxygen atoms in total. The van der Waals surface area contributed by atoms with Gasteiger partial charge in [-0.25, -0.2) is 0 Å². The molecule has 1 amide bonds. The minimum atomic E-state index is -0.0817. The largest absolute Gasteiger partial charge is 0.325 e. The van der Waals surface area contributed by atoms with Crippen LogP contribution in [0.5, 0.6) is 0 Å². The summed E-state index contributed by atoms with van der Waals surface area (Å²) >= 11 is 4.83. The molecule has 2 aromatic carbocycles. The number of hydrogen-bond donors (Lipinski definition) is 1. The number of aryl methyl sites for hydroxylation is 1. The summed E-state index contributed by atoms with van der Waals surface area (Å²) in [4.78, 5) is 16.7. The van der Waals surface area contributed by atoms with Gasteiger partial charge in [0.05, 0.1) is 5.75 Å². The predicted molar refractivity (Wildman–Crippen MR) is 127 cm³/mol. The lowest BCUT2D eigenvalue weighted by molar-refractivity contribution is -0.113. The fourth-order valence-corrected chi connectivity index (χ4v) is 4.16. The van der Waals surface area contributed by atoms with E-state index in [1.165, 1.54) is 11.8 Å². The smallest absolute Gasteiger partial charge is 0.234 e. The number of anilines is 1. The summed E-state index contributed by atoms with van der Waals surface area (Å²) in [7, 11) is 0. The van der Waals surface area contributed by atoms with Crippen molar-refractivity contribution in [1.29, 1.82) is 0 Å². The number of pyridine rings is 1. The van der Waals surface area contributed by atoms with Crippen molar-refractivity contribution in [2.75, 3.05) is 11.1 Å². The highest BCUT2D eigenvalue weighted by Crippen LogP contribution is 2.28. The zero-order chi connectivity index (χ0) is 21.6. The van der Waals surface area contributed by atoms with Crippen LogP contribution in [0.4, 0.5) is 5.69 Å². The Kier molecular flexibility index (Phi) is 6.79. The lowest BCUT2D eigenvalue weighted by Gasteiger charge is -2.11. The van der Waals surface area contributed by atoms with Crippen molar-refractivity contribution in [2.24, 2.45) is 0 Å². The molecule has 0 unspecified atom stereocenters. The van der Waals surface area contributed by atoms with Crippen molar-refractivity contribution in [3.05, 3.63) is 83.1 Å². The molecule has 0 spiro atoms. The van der Waals surface area contributed by atoms with Crippen molar-refractivity contribution in [2.45, 2.75) is 18.5 Å². The molecule has 156 valence electrons. The Balaban J connectivity index is 1.59. The first kappa shape index (κ1) is 21.3. The Morgan fingerprint density at radius 2 is 1.77 bits per heavy atom. The Labute approximate surface area is 193 Å². The summed E-state index contributed by atoms with van der Waals surface area (Å²) in [5, 5.41) is 12.4. The van der Waals surface area contributed by atoms with E-state index in [4.69, 9.17) is 0 Å². The third-order valence-corrected chi connectivity index (χ3v) is 6.12. The Bertz CT molecular complexity index is 1180. The second-order valence-corrected chi connectivity index (χ2v) is 8.56. The number of thioether (sulfide) groups is 1. The number of amides is 1. The molecule has 0 radical (unpaired) electrons. The SMILES string of the molecule is CCc1ccccc1NC(=O)CSc1nnc(-c2ccncc2)n1-c1ccc(Br)cc1. The van der Waals surface area contributed by atoms with Crippen LogP contribution in [0.25, 0.3) is 17.1 Å². The molecule has 0 aliphatic carbocycles. The highest BCUT2D eigenvalue weighted by Gasteiger charge is 2.17. The lowest BCUT2D eigenvalue weighted by Crippen LogP contribution is -2.15. The van der Waals surface area contributed by atoms with Gasteiger partial charge in [0.1, 0.15) is 0 Å². The number of carbonyl (C=O) groups is 1. The van der Waals surface area contributed by atoms with Crippen molar-refractivity contribution in [3.63, 3.8) is 0 Å². The van der Waals surface area contributed by atoms with Crippen molar-refractivity contribution >= 4 is 39.3 Å². The van der Waals surface area contributed by atoms with Gasteiger partial charge in [-0.2, -0.15) is 0 Å². The Morgan fingerprint density at radius 1 is 1.03 bits per heavy atom. The molecule has 1 N–H and O–H groups in total. The van der Waals surface area contributed by atoms with E-state index in [1.807, 2.05) is 65.2 Å². The zero-order valence-corrected chi connectivity index (χ0v) is 19.2. The number of hydrogen-bond acceptors (Lipinski definition) is 5. The van der Waals surface area contributed by atoms with Crippen LogP contribution in [0.1, 0.15) is 12.5 Å². The molecule has 2 aromatic heterocycles. The third kappa shape index (κ3) is 5.03. The highest BCUT2D eigenvalue weighted by molar-refractivity contribution is 9.10. The maximum absolute atomic E-state index is 12.6. The molecule has 0 saturated carbocycles. The quantitative estimate of drug-likeness (QED) is 0.349. The van der Waals surface area contributed by atoms with Crippen molar-refractivity contribution < 1.29 is 4.79 Å². The fraction of sp³-hybridized carbons (Fsp3) is 0.130. The number of rotatable bonds is 7. The first-order valence-corrected chi connectivity index (χ1v) is 11.6. The molecule has 0 aliphatic rings. The summed E-state index contributed by atoms with van der Waals surface area (Å²) in [6.07, 6.45) is 4.31. The second-order valence-electron chi connectivity index (χ2n) is 6.70. The lowest BCUT2D eigenvalue weighted by atomic mass is 10.1. The van der Waals surface area contributed by atoms with Crippen LogP contribution in [0.2, 0.25) is 0 Å². The topological polar surface area (TPSA) is 72.7 Å². The molecule has 8 heteroatoms. The maximum Gasteiger partial charge on any atom is 0.234 e. The average Bonchev–Trinajstić information content (AvgIpc) is 3.23. The summed E-state index contributed by atoms with van der Waals surface area (Å²) in [5.74, 6) is 0.842. The van der Waals surface area contributed by atoms with E-state index in [0.717, 1.165) is 33.4 Å². The molecule has 0 saturated heterocycles. The van der Waals surface area contributed by atoms with Gasteiger partial charge in [0, 0.05) is 33.8 Å². The fourth-order valence-electron chi connectivity index (χ4n) is 3.14. The molecule has 0 bridgehead atoms. The van der Waals surface area contributed by atoms with Gasteiger partial charge >= 0.3 is 0 Å². The van der Waals surface area contributed by atoms with Crippen LogP contribution in [0.15, 0.2) is 82.7 Å². The van der Waals surface area contributed by atoms with Crippen molar-refractivity contribution in [1.82, 2.24) is 19.7 Å². The summed E-state index contributed by atoms with van der Waals surface area (Å²) < 4.78 is 2.94. The van der Waals surface area contributed by atoms with Crippen LogP contribution in [-0.4, -0.2) is 31.4 Å². The minimum Gasteiger partial charge on any atom is -0.325 e. The van der Waals surface area contributed by atoms with Gasteiger partial charge < -0.3 is 5.32 Å². The highest BCUT2D eigenvalue weighted by atomic mass is 79.9. The first-order valence-electron chi connectivity index (χ1n) is 9.78. The predicted octanol–water partition coefficient (Wildman–Crippen LogP) is 5.39. The zero-order valence-electron chi connectivity index (χ0n) is 16.8. The minimum absolute atomic E-state index is 0.0817. The molecule has 0 fully saturated rings. The molecule has 0 aliphatic heterocycles. The van der Waals surface area contributed by atoms with Crippen LogP contribution < -0.4 is 5.32 Å².